The summed E-state index contributed by atoms with van der Waals surface area (Å²) in [5.74, 6) is -0.983. The molecule has 19 heavy (non-hydrogen) atoms. The summed E-state index contributed by atoms with van der Waals surface area (Å²) in [5.41, 5.74) is 0.451. The zero-order valence-electron chi connectivity index (χ0n) is 9.74. The van der Waals surface area contributed by atoms with Crippen LogP contribution < -0.4 is 34.9 Å². The van der Waals surface area contributed by atoms with Crippen molar-refractivity contribution in [1.29, 1.82) is 0 Å². The maximum atomic E-state index is 11.7. The van der Waals surface area contributed by atoms with Gasteiger partial charge in [-0.15, -0.1) is 0 Å². The van der Waals surface area contributed by atoms with Gasteiger partial charge in [-0.25, -0.2) is 8.42 Å². The van der Waals surface area contributed by atoms with Gasteiger partial charge in [-0.3, -0.25) is 4.79 Å². The monoisotopic (exact) mass is 629 g/mol. The van der Waals surface area contributed by atoms with Gasteiger partial charge in [-0.2, -0.15) is 0 Å². The summed E-state index contributed by atoms with van der Waals surface area (Å²) in [4.78, 5) is 11.7. The first-order valence-electron chi connectivity index (χ1n) is 4.57. The molecule has 1 N–H and O–H groups in total. The molecule has 0 atom stereocenters. The molecular weight excluding hydrogens is 622 g/mol. The number of nitrogens with one attached hydrogen (secondary N) is 1. The van der Waals surface area contributed by atoms with Crippen molar-refractivity contribution < 1.29 is 47.3 Å². The Morgan fingerprint density at radius 2 is 1.68 bits per heavy atom. The van der Waals surface area contributed by atoms with Crippen molar-refractivity contribution in [1.82, 2.24) is 5.32 Å². The molecule has 0 aliphatic rings. The number of carbonyl (C=O) groups excluding carboxylic acids is 1. The second kappa shape index (κ2) is 9.05. The number of hydrogen-bond acceptors (Lipinski definition) is 4. The van der Waals surface area contributed by atoms with Crippen molar-refractivity contribution in [3.05, 3.63) is 28.4 Å². The molecule has 0 radical (unpaired) electrons. The van der Waals surface area contributed by atoms with Crippen molar-refractivity contribution >= 4 is 83.8 Å². The first-order chi connectivity index (χ1) is 8.20. The van der Waals surface area contributed by atoms with Crippen LogP contribution in [0.3, 0.4) is 0 Å². The van der Waals surface area contributed by atoms with Gasteiger partial charge in [0.15, 0.2) is 0 Å². The van der Waals surface area contributed by atoms with E-state index in [9.17, 15) is 17.8 Å². The summed E-state index contributed by atoms with van der Waals surface area (Å²) in [7, 11) is -4.29. The summed E-state index contributed by atoms with van der Waals surface area (Å²) in [6.45, 7) is -0.177. The maximum Gasteiger partial charge on any atom is 1.00 e. The summed E-state index contributed by atoms with van der Waals surface area (Å²) >= 11 is 6.42. The molecule has 0 saturated heterocycles. The Hall–Kier alpha value is 1.79. The van der Waals surface area contributed by atoms with Gasteiger partial charge in [-0.1, -0.05) is 0 Å². The fourth-order valence-electron chi connectivity index (χ4n) is 1.08. The van der Waals surface area contributed by atoms with Crippen LogP contribution in [0, 0.1) is 10.7 Å². The third kappa shape index (κ3) is 7.56. The van der Waals surface area contributed by atoms with Crippen LogP contribution in [0.2, 0.25) is 0 Å². The molecule has 0 aliphatic carbocycles. The van der Waals surface area contributed by atoms with E-state index in [1.807, 2.05) is 0 Å². The van der Waals surface area contributed by atoms with Gasteiger partial charge >= 0.3 is 29.6 Å². The van der Waals surface area contributed by atoms with Crippen molar-refractivity contribution in [2.24, 2.45) is 0 Å². The number of rotatable bonds is 4. The maximum absolute atomic E-state index is 11.7. The van der Waals surface area contributed by atoms with Crippen molar-refractivity contribution in [2.75, 3.05) is 12.3 Å². The van der Waals surface area contributed by atoms with E-state index in [0.717, 1.165) is 10.7 Å². The van der Waals surface area contributed by atoms with Crippen molar-refractivity contribution in [3.63, 3.8) is 0 Å². The number of benzene rings is 1. The first-order valence-corrected chi connectivity index (χ1v) is 9.38. The fraction of sp³-hybridized carbons (Fsp3) is 0.222. The van der Waals surface area contributed by atoms with Crippen LogP contribution in [0.4, 0.5) is 0 Å². The molecule has 0 saturated carbocycles. The van der Waals surface area contributed by atoms with Crippen LogP contribution in [0.5, 0.6) is 0 Å². The Bertz CT molecular complexity index is 556. The molecule has 100 valence electrons. The van der Waals surface area contributed by atoms with Gasteiger partial charge in [-0.05, 0) is 79.9 Å². The van der Waals surface area contributed by atoms with Crippen molar-refractivity contribution in [2.45, 2.75) is 0 Å². The zero-order chi connectivity index (χ0) is 13.9. The van der Waals surface area contributed by atoms with Gasteiger partial charge in [0.1, 0.15) is 0 Å². The number of amides is 1. The Morgan fingerprint density at radius 1 is 1.21 bits per heavy atom. The van der Waals surface area contributed by atoms with E-state index in [-0.39, 0.29) is 42.0 Å². The Kier molecular flexibility index (Phi) is 9.90. The standard InChI is InChI=1S/C9H8I3NO4S.Na/c10-6-3-5(4-7(11)8(6)12)9(14)13-1-2-18(15,16)17;/h3-4H,1-2H2,(H,13,14)(H,15,16,17);/q;+1/p-1. The summed E-state index contributed by atoms with van der Waals surface area (Å²) in [6, 6.07) is 3.43. The molecule has 0 aliphatic heterocycles. The number of hydrogen-bond donors (Lipinski definition) is 1. The molecule has 0 aromatic heterocycles. The Morgan fingerprint density at radius 3 is 2.11 bits per heavy atom. The molecule has 0 fully saturated rings. The van der Waals surface area contributed by atoms with E-state index in [1.165, 1.54) is 0 Å². The molecule has 0 unspecified atom stereocenters. The molecule has 0 heterocycles. The van der Waals surface area contributed by atoms with Gasteiger partial charge < -0.3 is 9.87 Å². The smallest absolute Gasteiger partial charge is 0.748 e. The molecule has 1 aromatic rings. The summed E-state index contributed by atoms with van der Waals surface area (Å²) < 4.78 is 34.1. The largest absolute Gasteiger partial charge is 1.00 e. The molecule has 1 rings (SSSR count). The molecule has 1 aromatic carbocycles. The minimum Gasteiger partial charge on any atom is -0.748 e. The third-order valence-corrected chi connectivity index (χ3v) is 7.52. The van der Waals surface area contributed by atoms with Crippen LogP contribution in [0.15, 0.2) is 12.1 Å². The Labute approximate surface area is 174 Å². The van der Waals surface area contributed by atoms with E-state index in [1.54, 1.807) is 12.1 Å². The summed E-state index contributed by atoms with van der Waals surface area (Å²) in [6.07, 6.45) is 0. The third-order valence-electron chi connectivity index (χ3n) is 1.88. The molecule has 1 amide bonds. The SMILES string of the molecule is O=C(NCCS(=O)(=O)[O-])c1cc(I)c(I)c(I)c1.[Na+]. The van der Waals surface area contributed by atoms with E-state index in [2.05, 4.69) is 73.1 Å². The second-order valence-corrected chi connectivity index (χ2v) is 8.20. The van der Waals surface area contributed by atoms with Crippen molar-refractivity contribution in [3.8, 4) is 0 Å². The normalized spacial score (nSPS) is 10.7. The summed E-state index contributed by atoms with van der Waals surface area (Å²) in [5, 5.41) is 2.40. The average molecular weight is 629 g/mol. The molecule has 10 heteroatoms. The average Bonchev–Trinajstić information content (AvgIpc) is 2.23. The van der Waals surface area contributed by atoms with Gasteiger partial charge in [0.25, 0.3) is 5.91 Å². The number of halogens is 3. The van der Waals surface area contributed by atoms with Crippen LogP contribution >= 0.6 is 67.8 Å². The molecule has 0 spiro atoms. The van der Waals surface area contributed by atoms with Gasteiger partial charge in [0.05, 0.1) is 15.9 Å². The van der Waals surface area contributed by atoms with E-state index >= 15 is 0 Å². The van der Waals surface area contributed by atoms with E-state index in [0.29, 0.717) is 5.56 Å². The molecule has 5 nitrogen and oxygen atoms in total. The van der Waals surface area contributed by atoms with Crippen LogP contribution in [-0.4, -0.2) is 31.2 Å². The van der Waals surface area contributed by atoms with Crippen LogP contribution in [-0.2, 0) is 10.1 Å². The van der Waals surface area contributed by atoms with Gasteiger partial charge in [0.2, 0.25) is 0 Å². The zero-order valence-corrected chi connectivity index (χ0v) is 19.0. The second-order valence-electron chi connectivity index (χ2n) is 3.27. The van der Waals surface area contributed by atoms with Gasteiger partial charge in [0, 0.05) is 22.8 Å². The van der Waals surface area contributed by atoms with E-state index < -0.39 is 15.9 Å². The fourth-order valence-corrected chi connectivity index (χ4v) is 3.51. The van der Waals surface area contributed by atoms with E-state index in [4.69, 9.17) is 0 Å². The Balaban J connectivity index is 0.00000324. The van der Waals surface area contributed by atoms with Crippen LogP contribution in [0.1, 0.15) is 10.4 Å². The molecule has 0 bridgehead atoms. The topological polar surface area (TPSA) is 86.3 Å². The predicted octanol–water partition coefficient (Wildman–Crippen LogP) is -1.22. The predicted molar refractivity (Wildman–Crippen MR) is 91.5 cm³/mol. The first kappa shape index (κ1) is 20.8. The minimum absolute atomic E-state index is 0. The number of carbonyl (C=O) groups is 1. The van der Waals surface area contributed by atoms with Crippen LogP contribution in [0.25, 0.3) is 0 Å². The molecular formula is C9H7I3NNaO4S. The minimum atomic E-state index is -4.29. The quantitative estimate of drug-likeness (QED) is 0.196.